The van der Waals surface area contributed by atoms with Gasteiger partial charge in [-0.3, -0.25) is 4.68 Å². The van der Waals surface area contributed by atoms with Crippen molar-refractivity contribution in [3.05, 3.63) is 28.5 Å². The quantitative estimate of drug-likeness (QED) is 0.830. The number of rotatable bonds is 5. The van der Waals surface area contributed by atoms with Crippen LogP contribution in [0.4, 0.5) is 4.79 Å². The molecule has 1 aliphatic heterocycles. The number of amides is 2. The van der Waals surface area contributed by atoms with Crippen molar-refractivity contribution in [2.75, 3.05) is 26.2 Å². The van der Waals surface area contributed by atoms with Gasteiger partial charge in [0.05, 0.1) is 19.3 Å². The summed E-state index contributed by atoms with van der Waals surface area (Å²) in [5, 5.41) is 13.5. The van der Waals surface area contributed by atoms with Crippen LogP contribution in [0.5, 0.6) is 0 Å². The second kappa shape index (κ2) is 7.51. The minimum atomic E-state index is -0.122. The fraction of sp³-hybridized carbons (Fsp3) is 0.571. The van der Waals surface area contributed by atoms with Gasteiger partial charge in [0.2, 0.25) is 0 Å². The number of hydrogen-bond donors (Lipinski definition) is 1. The first-order valence-corrected chi connectivity index (χ1v) is 8.51. The van der Waals surface area contributed by atoms with E-state index in [9.17, 15) is 4.79 Å². The lowest BCUT2D eigenvalue weighted by Crippen LogP contribution is -2.47. The lowest BCUT2D eigenvalue weighted by atomic mass is 10.3. The average Bonchev–Trinajstić information content (AvgIpc) is 3.23. The third kappa shape index (κ3) is 4.26. The fourth-order valence-corrected chi connectivity index (χ4v) is 3.24. The van der Waals surface area contributed by atoms with E-state index in [1.807, 2.05) is 18.5 Å². The van der Waals surface area contributed by atoms with Gasteiger partial charge in [0.1, 0.15) is 11.1 Å². The van der Waals surface area contributed by atoms with Gasteiger partial charge in [0.25, 0.3) is 0 Å². The number of carbonyl (C=O) groups is 1. The van der Waals surface area contributed by atoms with Gasteiger partial charge in [0.15, 0.2) is 0 Å². The molecule has 1 fully saturated rings. The molecule has 2 aromatic rings. The molecule has 0 radical (unpaired) electrons. The van der Waals surface area contributed by atoms with Gasteiger partial charge in [-0.25, -0.2) is 9.78 Å². The molecule has 0 bridgehead atoms. The van der Waals surface area contributed by atoms with Crippen molar-refractivity contribution in [2.24, 2.45) is 0 Å². The number of aryl methyl sites for hydroxylation is 2. The standard InChI is InChI=1S/C14H20N6O2S/c1-11-10-23-13(17-11)12-9-19(7-8-22-12)14(21)15-3-2-5-20-6-4-16-18-20/h4,6,10,12H,2-3,5,7-9H2,1H3,(H,15,21)/t12-/m0/s1. The zero-order valence-corrected chi connectivity index (χ0v) is 13.8. The maximum Gasteiger partial charge on any atom is 0.317 e. The molecule has 0 saturated carbocycles. The molecular weight excluding hydrogens is 316 g/mol. The molecule has 124 valence electrons. The molecule has 1 atom stereocenters. The van der Waals surface area contributed by atoms with E-state index in [2.05, 4.69) is 20.6 Å². The zero-order valence-electron chi connectivity index (χ0n) is 13.0. The summed E-state index contributed by atoms with van der Waals surface area (Å²) in [5.41, 5.74) is 0.989. The Labute approximate surface area is 138 Å². The van der Waals surface area contributed by atoms with Gasteiger partial charge >= 0.3 is 6.03 Å². The number of morpholine rings is 1. The summed E-state index contributed by atoms with van der Waals surface area (Å²) in [5.74, 6) is 0. The maximum atomic E-state index is 12.2. The molecule has 1 aliphatic rings. The van der Waals surface area contributed by atoms with Crippen LogP contribution < -0.4 is 5.32 Å². The first kappa shape index (κ1) is 15.9. The summed E-state index contributed by atoms with van der Waals surface area (Å²) < 4.78 is 7.49. The predicted molar refractivity (Wildman–Crippen MR) is 85.2 cm³/mol. The second-order valence-corrected chi connectivity index (χ2v) is 6.27. The smallest absolute Gasteiger partial charge is 0.317 e. The van der Waals surface area contributed by atoms with Crippen molar-refractivity contribution in [1.29, 1.82) is 0 Å². The Morgan fingerprint density at radius 3 is 3.22 bits per heavy atom. The van der Waals surface area contributed by atoms with Crippen LogP contribution >= 0.6 is 11.3 Å². The zero-order chi connectivity index (χ0) is 16.1. The van der Waals surface area contributed by atoms with Crippen molar-refractivity contribution >= 4 is 17.4 Å². The molecular formula is C14H20N6O2S. The normalized spacial score (nSPS) is 18.1. The van der Waals surface area contributed by atoms with Crippen molar-refractivity contribution in [1.82, 2.24) is 30.2 Å². The number of aromatic nitrogens is 4. The highest BCUT2D eigenvalue weighted by atomic mass is 32.1. The van der Waals surface area contributed by atoms with Gasteiger partial charge in [0, 0.05) is 36.9 Å². The largest absolute Gasteiger partial charge is 0.367 e. The molecule has 8 nitrogen and oxygen atoms in total. The van der Waals surface area contributed by atoms with E-state index in [0.717, 1.165) is 23.7 Å². The van der Waals surface area contributed by atoms with Gasteiger partial charge in [-0.15, -0.1) is 16.4 Å². The molecule has 2 amide bonds. The average molecular weight is 336 g/mol. The Bertz CT molecular complexity index is 629. The third-order valence-corrected chi connectivity index (χ3v) is 4.63. The fourth-order valence-electron chi connectivity index (χ4n) is 2.40. The van der Waals surface area contributed by atoms with Gasteiger partial charge in [-0.2, -0.15) is 0 Å². The Hall–Kier alpha value is -2.00. The number of carbonyl (C=O) groups excluding carboxylic acids is 1. The maximum absolute atomic E-state index is 12.2. The predicted octanol–water partition coefficient (Wildman–Crippen LogP) is 1.22. The van der Waals surface area contributed by atoms with E-state index in [0.29, 0.717) is 26.2 Å². The lowest BCUT2D eigenvalue weighted by molar-refractivity contribution is -0.0155. The molecule has 9 heteroatoms. The van der Waals surface area contributed by atoms with Crippen molar-refractivity contribution < 1.29 is 9.53 Å². The molecule has 1 saturated heterocycles. The number of thiazole rings is 1. The summed E-state index contributed by atoms with van der Waals surface area (Å²) in [6, 6.07) is -0.0508. The lowest BCUT2D eigenvalue weighted by Gasteiger charge is -2.32. The van der Waals surface area contributed by atoms with Crippen LogP contribution in [0.15, 0.2) is 17.8 Å². The summed E-state index contributed by atoms with van der Waals surface area (Å²) >= 11 is 1.58. The topological polar surface area (TPSA) is 85.2 Å². The van der Waals surface area contributed by atoms with E-state index >= 15 is 0 Å². The Morgan fingerprint density at radius 1 is 1.57 bits per heavy atom. The molecule has 0 unspecified atom stereocenters. The van der Waals surface area contributed by atoms with Crippen LogP contribution in [0.25, 0.3) is 0 Å². The highest BCUT2D eigenvalue weighted by molar-refractivity contribution is 7.09. The van der Waals surface area contributed by atoms with Gasteiger partial charge in [-0.1, -0.05) is 5.21 Å². The van der Waals surface area contributed by atoms with Crippen molar-refractivity contribution in [3.8, 4) is 0 Å². The van der Waals surface area contributed by atoms with E-state index < -0.39 is 0 Å². The van der Waals surface area contributed by atoms with Crippen molar-refractivity contribution in [3.63, 3.8) is 0 Å². The first-order chi connectivity index (χ1) is 11.2. The van der Waals surface area contributed by atoms with Crippen LogP contribution in [-0.4, -0.2) is 57.2 Å². The molecule has 3 heterocycles. The van der Waals surface area contributed by atoms with E-state index in [1.165, 1.54) is 0 Å². The van der Waals surface area contributed by atoms with E-state index in [-0.39, 0.29) is 12.1 Å². The minimum Gasteiger partial charge on any atom is -0.367 e. The molecule has 3 rings (SSSR count). The van der Waals surface area contributed by atoms with Crippen LogP contribution in [0.3, 0.4) is 0 Å². The number of ether oxygens (including phenoxy) is 1. The Morgan fingerprint density at radius 2 is 2.48 bits per heavy atom. The Balaban J connectivity index is 1.43. The molecule has 0 aliphatic carbocycles. The van der Waals surface area contributed by atoms with Crippen LogP contribution in [0, 0.1) is 6.92 Å². The Kier molecular flexibility index (Phi) is 5.19. The van der Waals surface area contributed by atoms with Crippen LogP contribution in [0.1, 0.15) is 23.2 Å². The number of urea groups is 1. The van der Waals surface area contributed by atoms with Crippen molar-refractivity contribution in [2.45, 2.75) is 26.0 Å². The molecule has 0 spiro atoms. The van der Waals surface area contributed by atoms with Gasteiger partial charge in [-0.05, 0) is 13.3 Å². The summed E-state index contributed by atoms with van der Waals surface area (Å²) in [6.07, 6.45) is 4.15. The molecule has 1 N–H and O–H groups in total. The summed E-state index contributed by atoms with van der Waals surface area (Å²) in [7, 11) is 0. The highest BCUT2D eigenvalue weighted by Crippen LogP contribution is 2.25. The molecule has 0 aromatic carbocycles. The molecule has 2 aromatic heterocycles. The minimum absolute atomic E-state index is 0.0508. The first-order valence-electron chi connectivity index (χ1n) is 7.63. The number of nitrogens with one attached hydrogen (secondary N) is 1. The van der Waals surface area contributed by atoms with Crippen LogP contribution in [-0.2, 0) is 11.3 Å². The summed E-state index contributed by atoms with van der Waals surface area (Å²) in [4.78, 5) is 18.5. The number of nitrogens with zero attached hydrogens (tertiary/aromatic N) is 5. The molecule has 23 heavy (non-hydrogen) atoms. The summed E-state index contributed by atoms with van der Waals surface area (Å²) in [6.45, 7) is 5.00. The third-order valence-electron chi connectivity index (χ3n) is 3.58. The van der Waals surface area contributed by atoms with E-state index in [1.54, 1.807) is 27.1 Å². The monoisotopic (exact) mass is 336 g/mol. The number of hydrogen-bond acceptors (Lipinski definition) is 6. The van der Waals surface area contributed by atoms with E-state index in [4.69, 9.17) is 4.74 Å². The second-order valence-electron chi connectivity index (χ2n) is 5.38. The van der Waals surface area contributed by atoms with Gasteiger partial charge < -0.3 is 15.0 Å². The highest BCUT2D eigenvalue weighted by Gasteiger charge is 2.27. The van der Waals surface area contributed by atoms with Crippen LogP contribution in [0.2, 0.25) is 0 Å². The SMILES string of the molecule is Cc1csc([C@@H]2CN(C(=O)NCCCn3ccnn3)CCO2)n1.